The predicted molar refractivity (Wildman–Crippen MR) is 67.6 cm³/mol. The molecule has 1 rings (SSSR count). The highest BCUT2D eigenvalue weighted by atomic mass is 32.2. The fourth-order valence-corrected chi connectivity index (χ4v) is 4.04. The third-order valence-corrected chi connectivity index (χ3v) is 5.28. The zero-order valence-electron chi connectivity index (χ0n) is 9.98. The molecule has 1 aromatic heterocycles. The molecule has 0 aliphatic heterocycles. The van der Waals surface area contributed by atoms with E-state index >= 15 is 0 Å². The second kappa shape index (κ2) is 5.16. The van der Waals surface area contributed by atoms with Crippen molar-refractivity contribution in [2.45, 2.75) is 38.1 Å². The van der Waals surface area contributed by atoms with E-state index in [2.05, 4.69) is 4.72 Å². The van der Waals surface area contributed by atoms with Crippen LogP contribution >= 0.6 is 11.3 Å². The van der Waals surface area contributed by atoms with Gasteiger partial charge in [0.25, 0.3) is 5.91 Å². The Kier molecular flexibility index (Phi) is 4.29. The van der Waals surface area contributed by atoms with Gasteiger partial charge in [0.05, 0.1) is 9.77 Å². The van der Waals surface area contributed by atoms with Gasteiger partial charge in [-0.25, -0.2) is 13.1 Å². The number of nitrogens with one attached hydrogen (secondary N) is 1. The van der Waals surface area contributed by atoms with Gasteiger partial charge in [0, 0.05) is 10.9 Å². The molecule has 1 unspecified atom stereocenters. The zero-order valence-corrected chi connectivity index (χ0v) is 11.6. The molecule has 1 aromatic rings. The molecule has 0 aliphatic carbocycles. The van der Waals surface area contributed by atoms with Gasteiger partial charge >= 0.3 is 0 Å². The average molecular weight is 276 g/mol. The molecule has 0 aromatic carbocycles. The topological polar surface area (TPSA) is 89.3 Å². The van der Waals surface area contributed by atoms with Crippen molar-refractivity contribution in [1.29, 1.82) is 0 Å². The van der Waals surface area contributed by atoms with Crippen LogP contribution in [0.3, 0.4) is 0 Å². The van der Waals surface area contributed by atoms with Crippen molar-refractivity contribution in [2.75, 3.05) is 0 Å². The highest BCUT2D eigenvalue weighted by Crippen LogP contribution is 2.25. The summed E-state index contributed by atoms with van der Waals surface area (Å²) in [5.74, 6) is -0.608. The van der Waals surface area contributed by atoms with Gasteiger partial charge in [0.1, 0.15) is 0 Å². The summed E-state index contributed by atoms with van der Waals surface area (Å²) < 4.78 is 26.5. The van der Waals surface area contributed by atoms with Crippen LogP contribution in [0.2, 0.25) is 0 Å². The lowest BCUT2D eigenvalue weighted by Gasteiger charge is -2.11. The van der Waals surface area contributed by atoms with Crippen molar-refractivity contribution in [1.82, 2.24) is 4.72 Å². The van der Waals surface area contributed by atoms with Crippen molar-refractivity contribution in [3.63, 3.8) is 0 Å². The molecule has 96 valence electrons. The Morgan fingerprint density at radius 1 is 1.59 bits per heavy atom. The second-order valence-corrected chi connectivity index (χ2v) is 6.76. The maximum atomic E-state index is 12.0. The number of rotatable bonds is 5. The number of thiophene rings is 1. The quantitative estimate of drug-likeness (QED) is 0.847. The second-order valence-electron chi connectivity index (χ2n) is 3.83. The molecule has 0 saturated carbocycles. The molecule has 0 spiro atoms. The highest BCUT2D eigenvalue weighted by Gasteiger charge is 2.22. The van der Waals surface area contributed by atoms with E-state index < -0.39 is 15.9 Å². The Bertz CT molecular complexity index is 520. The van der Waals surface area contributed by atoms with Gasteiger partial charge in [0.2, 0.25) is 10.0 Å². The molecule has 5 nitrogen and oxygen atoms in total. The Morgan fingerprint density at radius 3 is 2.59 bits per heavy atom. The maximum absolute atomic E-state index is 12.0. The van der Waals surface area contributed by atoms with Gasteiger partial charge < -0.3 is 5.73 Å². The molecule has 7 heteroatoms. The Labute approximate surface area is 105 Å². The van der Waals surface area contributed by atoms with E-state index in [1.54, 1.807) is 13.8 Å². The van der Waals surface area contributed by atoms with Crippen LogP contribution < -0.4 is 10.5 Å². The van der Waals surface area contributed by atoms with E-state index in [9.17, 15) is 13.2 Å². The van der Waals surface area contributed by atoms with Gasteiger partial charge in [-0.15, -0.1) is 11.3 Å². The van der Waals surface area contributed by atoms with E-state index in [1.165, 1.54) is 6.07 Å². The van der Waals surface area contributed by atoms with Crippen LogP contribution in [-0.2, 0) is 10.0 Å². The number of amides is 1. The lowest BCUT2D eigenvalue weighted by atomic mass is 10.3. The van der Waals surface area contributed by atoms with Crippen molar-refractivity contribution in [3.05, 3.63) is 15.8 Å². The number of nitrogens with two attached hydrogens (primary N) is 1. The zero-order chi connectivity index (χ0) is 13.2. The minimum Gasteiger partial charge on any atom is -0.365 e. The smallest absolute Gasteiger partial charge is 0.258 e. The van der Waals surface area contributed by atoms with Crippen LogP contribution in [0.5, 0.6) is 0 Å². The van der Waals surface area contributed by atoms with Crippen LogP contribution in [0, 0.1) is 6.92 Å². The number of primary amides is 1. The first-order valence-corrected chi connectivity index (χ1v) is 7.50. The first-order valence-electron chi connectivity index (χ1n) is 5.20. The molecule has 0 radical (unpaired) electrons. The van der Waals surface area contributed by atoms with Gasteiger partial charge in [-0.05, 0) is 26.3 Å². The summed E-state index contributed by atoms with van der Waals surface area (Å²) in [6.45, 7) is 5.33. The van der Waals surface area contributed by atoms with Crippen molar-refractivity contribution < 1.29 is 13.2 Å². The predicted octanol–water partition coefficient (Wildman–Crippen LogP) is 1.23. The molecule has 17 heavy (non-hydrogen) atoms. The average Bonchev–Trinajstić information content (AvgIpc) is 2.60. The first-order chi connectivity index (χ1) is 7.77. The molecule has 0 saturated heterocycles. The summed E-state index contributed by atoms with van der Waals surface area (Å²) in [5, 5.41) is 0. The number of hydrogen-bond acceptors (Lipinski definition) is 4. The highest BCUT2D eigenvalue weighted by molar-refractivity contribution is 7.89. The maximum Gasteiger partial charge on any atom is 0.258 e. The number of aryl methyl sites for hydroxylation is 1. The van der Waals surface area contributed by atoms with Gasteiger partial charge in [-0.1, -0.05) is 6.92 Å². The van der Waals surface area contributed by atoms with E-state index in [0.717, 1.165) is 11.3 Å². The molecule has 0 bridgehead atoms. The van der Waals surface area contributed by atoms with Gasteiger partial charge in [0.15, 0.2) is 0 Å². The standard InChI is InChI=1S/C10H16N2O3S2/c1-4-6(2)12-17(14,15)9-5-8(10(11)13)16-7(9)3/h5-6,12H,4H2,1-3H3,(H2,11,13). The van der Waals surface area contributed by atoms with E-state index in [1.807, 2.05) is 6.92 Å². The number of sulfonamides is 1. The van der Waals surface area contributed by atoms with Crippen molar-refractivity contribution in [2.24, 2.45) is 5.73 Å². The Morgan fingerprint density at radius 2 is 2.18 bits per heavy atom. The first kappa shape index (κ1) is 14.1. The molecule has 1 atom stereocenters. The van der Waals surface area contributed by atoms with Crippen molar-refractivity contribution in [3.8, 4) is 0 Å². The van der Waals surface area contributed by atoms with E-state index in [0.29, 0.717) is 11.3 Å². The summed E-state index contributed by atoms with van der Waals surface area (Å²) in [5.41, 5.74) is 5.12. The van der Waals surface area contributed by atoms with E-state index in [4.69, 9.17) is 5.73 Å². The molecule has 0 aliphatic rings. The summed E-state index contributed by atoms with van der Waals surface area (Å²) in [6, 6.07) is 1.18. The fraction of sp³-hybridized carbons (Fsp3) is 0.500. The monoisotopic (exact) mass is 276 g/mol. The molecular formula is C10H16N2O3S2. The fourth-order valence-electron chi connectivity index (χ4n) is 1.27. The van der Waals surface area contributed by atoms with Crippen LogP contribution in [0.15, 0.2) is 11.0 Å². The number of hydrogen-bond donors (Lipinski definition) is 2. The normalized spacial score (nSPS) is 13.6. The summed E-state index contributed by atoms with van der Waals surface area (Å²) in [4.78, 5) is 11.9. The van der Waals surface area contributed by atoms with Crippen LogP contribution in [0.4, 0.5) is 0 Å². The van der Waals surface area contributed by atoms with Gasteiger partial charge in [-0.2, -0.15) is 0 Å². The van der Waals surface area contributed by atoms with Gasteiger partial charge in [-0.3, -0.25) is 4.79 Å². The molecule has 1 amide bonds. The third kappa shape index (κ3) is 3.27. The Balaban J connectivity index is 3.11. The van der Waals surface area contributed by atoms with E-state index in [-0.39, 0.29) is 15.8 Å². The lowest BCUT2D eigenvalue weighted by Crippen LogP contribution is -2.32. The van der Waals surface area contributed by atoms with Crippen LogP contribution in [0.25, 0.3) is 0 Å². The number of carbonyl (C=O) groups excluding carboxylic acids is 1. The third-order valence-electron chi connectivity index (χ3n) is 2.37. The Hall–Kier alpha value is -0.920. The summed E-state index contributed by atoms with van der Waals surface area (Å²) in [7, 11) is -3.56. The van der Waals surface area contributed by atoms with Crippen LogP contribution in [0.1, 0.15) is 34.8 Å². The van der Waals surface area contributed by atoms with Crippen LogP contribution in [-0.4, -0.2) is 20.4 Å². The summed E-state index contributed by atoms with van der Waals surface area (Å²) >= 11 is 1.09. The lowest BCUT2D eigenvalue weighted by molar-refractivity contribution is 0.100. The molecule has 3 N–H and O–H groups in total. The molecular weight excluding hydrogens is 260 g/mol. The van der Waals surface area contributed by atoms with Crippen molar-refractivity contribution >= 4 is 27.3 Å². The summed E-state index contributed by atoms with van der Waals surface area (Å²) in [6.07, 6.45) is 0.699. The SMILES string of the molecule is CCC(C)NS(=O)(=O)c1cc(C(N)=O)sc1C. The number of carbonyl (C=O) groups is 1. The largest absolute Gasteiger partial charge is 0.365 e. The molecule has 1 heterocycles. The molecule has 0 fully saturated rings. The minimum atomic E-state index is -3.56. The minimum absolute atomic E-state index is 0.136.